The number of nitrogens with zero attached hydrogens (tertiary/aromatic N) is 2. The van der Waals surface area contributed by atoms with Crippen LogP contribution in [0, 0.1) is 0 Å². The number of phenols is 1. The fourth-order valence-electron chi connectivity index (χ4n) is 4.43. The van der Waals surface area contributed by atoms with E-state index in [0.717, 1.165) is 13.0 Å². The molecule has 3 N–H and O–H groups in total. The number of ether oxygens (including phenoxy) is 1. The molecule has 0 bridgehead atoms. The average Bonchev–Trinajstić information content (AvgIpc) is 3.14. The van der Waals surface area contributed by atoms with Gasteiger partial charge in [0, 0.05) is 31.7 Å². The molecule has 4 rings (SSSR count). The lowest BCUT2D eigenvalue weighted by molar-refractivity contribution is 0.0693. The van der Waals surface area contributed by atoms with Crippen LogP contribution in [0.1, 0.15) is 29.3 Å². The zero-order valence-corrected chi connectivity index (χ0v) is 17.5. The number of carboxylic acids is 1. The summed E-state index contributed by atoms with van der Waals surface area (Å²) in [6.45, 7) is 3.39. The van der Waals surface area contributed by atoms with Gasteiger partial charge in [0.1, 0.15) is 17.1 Å². The summed E-state index contributed by atoms with van der Waals surface area (Å²) in [4.78, 5) is 26.3. The van der Waals surface area contributed by atoms with Gasteiger partial charge in [0.25, 0.3) is 0 Å². The molecular formula is C22H27N3O5. The molecule has 2 aromatic rings. The van der Waals surface area contributed by atoms with E-state index in [-0.39, 0.29) is 16.7 Å². The molecule has 2 aromatic carbocycles. The van der Waals surface area contributed by atoms with Gasteiger partial charge in [-0.1, -0.05) is 19.1 Å². The van der Waals surface area contributed by atoms with Crippen molar-refractivity contribution >= 4 is 17.7 Å². The van der Waals surface area contributed by atoms with Crippen LogP contribution in [-0.4, -0.2) is 61.0 Å². The number of likely N-dealkylation sites (tertiary alicyclic amines) is 1. The predicted molar refractivity (Wildman–Crippen MR) is 113 cm³/mol. The quantitative estimate of drug-likeness (QED) is 0.696. The van der Waals surface area contributed by atoms with Crippen molar-refractivity contribution in [3.8, 4) is 11.5 Å². The molecule has 0 saturated carbocycles. The van der Waals surface area contributed by atoms with Crippen LogP contribution in [0.3, 0.4) is 0 Å². The van der Waals surface area contributed by atoms with E-state index < -0.39 is 12.1 Å². The van der Waals surface area contributed by atoms with Crippen molar-refractivity contribution in [2.24, 2.45) is 0 Å². The fraction of sp³-hybridized carbons (Fsp3) is 0.364. The smallest absolute Gasteiger partial charge is 0.412 e. The van der Waals surface area contributed by atoms with Gasteiger partial charge in [0.2, 0.25) is 0 Å². The average molecular weight is 413 g/mol. The van der Waals surface area contributed by atoms with Crippen LogP contribution in [0.25, 0.3) is 0 Å². The number of amides is 1. The second-order valence-electron chi connectivity index (χ2n) is 7.77. The number of fused-ring (bicyclic) bond motifs is 3. The number of likely N-dealkylation sites (N-methyl/N-ethyl adjacent to an activating group) is 2. The molecule has 2 aliphatic rings. The first-order valence-electron chi connectivity index (χ1n) is 9.67. The Bertz CT molecular complexity index is 964. The van der Waals surface area contributed by atoms with Crippen LogP contribution >= 0.6 is 0 Å². The van der Waals surface area contributed by atoms with E-state index in [0.29, 0.717) is 11.9 Å². The minimum atomic E-state index is -1.11. The molecular weight excluding hydrogens is 386 g/mol. The Balaban J connectivity index is 0.000000216. The van der Waals surface area contributed by atoms with Gasteiger partial charge in [-0.3, -0.25) is 4.90 Å². The second kappa shape index (κ2) is 8.23. The first kappa shape index (κ1) is 21.4. The van der Waals surface area contributed by atoms with Crippen LogP contribution in [-0.2, 0) is 5.41 Å². The van der Waals surface area contributed by atoms with Gasteiger partial charge in [-0.25, -0.2) is 9.59 Å². The number of benzene rings is 2. The number of rotatable bonds is 2. The largest absolute Gasteiger partial charge is 0.507 e. The minimum Gasteiger partial charge on any atom is -0.507 e. The van der Waals surface area contributed by atoms with Crippen LogP contribution in [0.4, 0.5) is 10.5 Å². The summed E-state index contributed by atoms with van der Waals surface area (Å²) in [6.07, 6.45) is 1.07. The molecule has 2 atom stereocenters. The number of carbonyl (C=O) groups is 2. The lowest BCUT2D eigenvalue weighted by Gasteiger charge is -2.32. The molecule has 0 spiro atoms. The highest BCUT2D eigenvalue weighted by Crippen LogP contribution is 2.51. The number of hydrogen-bond donors (Lipinski definition) is 3. The van der Waals surface area contributed by atoms with Crippen molar-refractivity contribution in [1.29, 1.82) is 0 Å². The van der Waals surface area contributed by atoms with Gasteiger partial charge in [0.15, 0.2) is 0 Å². The van der Waals surface area contributed by atoms with Gasteiger partial charge in [-0.05, 0) is 49.4 Å². The molecule has 1 amide bonds. The number of nitrogens with one attached hydrogen (secondary N) is 1. The first-order valence-corrected chi connectivity index (χ1v) is 9.67. The molecule has 8 nitrogen and oxygen atoms in total. The van der Waals surface area contributed by atoms with Gasteiger partial charge in [0.05, 0.1) is 6.17 Å². The maximum atomic E-state index is 11.4. The van der Waals surface area contributed by atoms with Crippen LogP contribution in [0.5, 0.6) is 11.5 Å². The molecule has 0 aliphatic carbocycles. The van der Waals surface area contributed by atoms with E-state index in [9.17, 15) is 9.59 Å². The second-order valence-corrected chi connectivity index (χ2v) is 7.77. The maximum Gasteiger partial charge on any atom is 0.412 e. The monoisotopic (exact) mass is 413 g/mol. The van der Waals surface area contributed by atoms with E-state index in [1.807, 2.05) is 18.2 Å². The predicted octanol–water partition coefficient (Wildman–Crippen LogP) is 2.86. The summed E-state index contributed by atoms with van der Waals surface area (Å²) in [5, 5.41) is 19.8. The number of carboxylic acid groups (broad SMARTS) is 1. The number of hydrogen-bond acceptors (Lipinski definition) is 6. The van der Waals surface area contributed by atoms with E-state index in [2.05, 4.69) is 36.1 Å². The highest BCUT2D eigenvalue weighted by Gasteiger charge is 2.52. The molecule has 30 heavy (non-hydrogen) atoms. The maximum absolute atomic E-state index is 11.4. The SMILES string of the molecule is CNC(=O)Oc1ccc2c(c1)[C@@]1(C)CCN(C)C1N2C.O=C(O)c1ccccc1O. The van der Waals surface area contributed by atoms with Crippen molar-refractivity contribution in [3.63, 3.8) is 0 Å². The van der Waals surface area contributed by atoms with Crippen molar-refractivity contribution in [1.82, 2.24) is 10.2 Å². The summed E-state index contributed by atoms with van der Waals surface area (Å²) in [7, 11) is 5.86. The van der Waals surface area contributed by atoms with Crippen LogP contribution in [0.2, 0.25) is 0 Å². The number of carbonyl (C=O) groups excluding carboxylic acids is 1. The lowest BCUT2D eigenvalue weighted by atomic mass is 9.81. The first-order chi connectivity index (χ1) is 14.2. The summed E-state index contributed by atoms with van der Waals surface area (Å²) in [6, 6.07) is 11.7. The zero-order chi connectivity index (χ0) is 22.1. The number of aromatic hydroxyl groups is 1. The lowest BCUT2D eigenvalue weighted by Crippen LogP contribution is -2.45. The fourth-order valence-corrected chi connectivity index (χ4v) is 4.43. The normalized spacial score (nSPS) is 21.9. The van der Waals surface area contributed by atoms with Gasteiger partial charge in [-0.15, -0.1) is 0 Å². The molecule has 0 radical (unpaired) electrons. The van der Waals surface area contributed by atoms with Gasteiger partial charge in [-0.2, -0.15) is 0 Å². The Hall–Kier alpha value is -3.26. The Kier molecular flexibility index (Phi) is 5.89. The molecule has 2 aliphatic heterocycles. The highest BCUT2D eigenvalue weighted by molar-refractivity contribution is 5.90. The molecule has 2 heterocycles. The van der Waals surface area contributed by atoms with Crippen molar-refractivity contribution in [2.45, 2.75) is 24.9 Å². The Morgan fingerprint density at radius 3 is 2.50 bits per heavy atom. The minimum absolute atomic E-state index is 0.0671. The molecule has 1 saturated heterocycles. The number of anilines is 1. The number of aromatic carboxylic acids is 1. The van der Waals surface area contributed by atoms with Crippen LogP contribution in [0.15, 0.2) is 42.5 Å². The molecule has 8 heteroatoms. The zero-order valence-electron chi connectivity index (χ0n) is 17.5. The third kappa shape index (κ3) is 3.78. The van der Waals surface area contributed by atoms with Crippen LogP contribution < -0.4 is 15.0 Å². The topological polar surface area (TPSA) is 102 Å². The van der Waals surface area contributed by atoms with Crippen molar-refractivity contribution in [3.05, 3.63) is 53.6 Å². The number of para-hydroxylation sites is 1. The summed E-state index contributed by atoms with van der Waals surface area (Å²) in [5.41, 5.74) is 2.53. The summed E-state index contributed by atoms with van der Waals surface area (Å²) < 4.78 is 5.26. The Labute approximate surface area is 175 Å². The molecule has 1 unspecified atom stereocenters. The molecule has 1 fully saturated rings. The Morgan fingerprint density at radius 2 is 1.90 bits per heavy atom. The van der Waals surface area contributed by atoms with Crippen molar-refractivity contribution in [2.75, 3.05) is 32.6 Å². The van der Waals surface area contributed by atoms with Gasteiger partial charge >= 0.3 is 12.1 Å². The summed E-state index contributed by atoms with van der Waals surface area (Å²) >= 11 is 0. The van der Waals surface area contributed by atoms with E-state index in [1.54, 1.807) is 19.2 Å². The summed E-state index contributed by atoms with van der Waals surface area (Å²) in [5.74, 6) is -0.707. The van der Waals surface area contributed by atoms with Crippen molar-refractivity contribution < 1.29 is 24.5 Å². The molecule has 160 valence electrons. The van der Waals surface area contributed by atoms with Gasteiger partial charge < -0.3 is 25.2 Å². The Morgan fingerprint density at radius 1 is 1.20 bits per heavy atom. The third-order valence-electron chi connectivity index (χ3n) is 5.85. The molecule has 0 aromatic heterocycles. The standard InChI is InChI=1S/C15H21N3O2.C7H6O3/c1-15-7-8-17(3)13(15)18(4)12-6-5-10(9-11(12)15)20-14(19)16-2;8-6-4-2-1-3-5(6)7(9)10/h5-6,9,13H,7-8H2,1-4H3,(H,16,19);1-4,8H,(H,9,10)/t13?,15-;/m1./s1. The van der Waals surface area contributed by atoms with E-state index in [1.165, 1.54) is 23.4 Å². The highest BCUT2D eigenvalue weighted by atomic mass is 16.5. The van der Waals surface area contributed by atoms with E-state index in [4.69, 9.17) is 14.9 Å². The van der Waals surface area contributed by atoms with E-state index >= 15 is 0 Å². The third-order valence-corrected chi connectivity index (χ3v) is 5.85.